The van der Waals surface area contributed by atoms with Gasteiger partial charge in [-0.3, -0.25) is 0 Å². The number of nitrogens with two attached hydrogens (primary N) is 1. The lowest BCUT2D eigenvalue weighted by atomic mass is 10.1. The lowest BCUT2D eigenvalue weighted by Gasteiger charge is -2.15. The van der Waals surface area contributed by atoms with Crippen molar-refractivity contribution in [2.24, 2.45) is 0 Å². The number of imidazole rings is 1. The second-order valence-electron chi connectivity index (χ2n) is 3.91. The van der Waals surface area contributed by atoms with Crippen LogP contribution < -0.4 is 11.1 Å². The van der Waals surface area contributed by atoms with Gasteiger partial charge in [0.15, 0.2) is 0 Å². The monoisotopic (exact) mass is 216 g/mol. The first-order valence-corrected chi connectivity index (χ1v) is 5.29. The van der Waals surface area contributed by atoms with Gasteiger partial charge in [0.25, 0.3) is 0 Å². The summed E-state index contributed by atoms with van der Waals surface area (Å²) in [6, 6.07) is 5.99. The summed E-state index contributed by atoms with van der Waals surface area (Å²) in [6.45, 7) is 4.10. The maximum atomic E-state index is 5.71. The molecule has 0 aliphatic rings. The van der Waals surface area contributed by atoms with Crippen LogP contribution in [0.3, 0.4) is 0 Å². The third kappa shape index (κ3) is 2.16. The van der Waals surface area contributed by atoms with Crippen molar-refractivity contribution in [3.05, 3.63) is 42.0 Å². The molecule has 84 valence electrons. The zero-order valence-corrected chi connectivity index (χ0v) is 9.49. The molecule has 1 atom stereocenters. The summed E-state index contributed by atoms with van der Waals surface area (Å²) >= 11 is 0. The molecule has 1 aromatic heterocycles. The average molecular weight is 216 g/mol. The maximum absolute atomic E-state index is 5.71. The Morgan fingerprint density at radius 1 is 1.44 bits per heavy atom. The van der Waals surface area contributed by atoms with Crippen LogP contribution >= 0.6 is 0 Å². The van der Waals surface area contributed by atoms with Crippen LogP contribution in [-0.2, 0) is 0 Å². The quantitative estimate of drug-likeness (QED) is 0.690. The lowest BCUT2D eigenvalue weighted by molar-refractivity contribution is 0.809. The summed E-state index contributed by atoms with van der Waals surface area (Å²) in [6.07, 6.45) is 3.58. The van der Waals surface area contributed by atoms with E-state index < -0.39 is 0 Å². The molecule has 0 saturated carbocycles. The predicted octanol–water partition coefficient (Wildman–Crippen LogP) is 2.47. The van der Waals surface area contributed by atoms with Crippen LogP contribution in [0.2, 0.25) is 0 Å². The number of benzene rings is 1. The van der Waals surface area contributed by atoms with E-state index in [-0.39, 0.29) is 6.04 Å². The number of hydrogen-bond donors (Lipinski definition) is 3. The van der Waals surface area contributed by atoms with Gasteiger partial charge in [-0.15, -0.1) is 0 Å². The molecule has 0 spiro atoms. The van der Waals surface area contributed by atoms with Crippen molar-refractivity contribution in [3.63, 3.8) is 0 Å². The Kier molecular flexibility index (Phi) is 2.81. The van der Waals surface area contributed by atoms with E-state index in [0.29, 0.717) is 0 Å². The normalized spacial score (nSPS) is 12.4. The number of H-pyrrole nitrogens is 1. The molecule has 1 aromatic carbocycles. The molecule has 0 saturated heterocycles. The van der Waals surface area contributed by atoms with Gasteiger partial charge in [0.2, 0.25) is 0 Å². The molecule has 0 aliphatic carbocycles. The fourth-order valence-corrected chi connectivity index (χ4v) is 1.66. The number of nitrogens with zero attached hydrogens (tertiary/aromatic N) is 1. The topological polar surface area (TPSA) is 66.7 Å². The second kappa shape index (κ2) is 4.26. The van der Waals surface area contributed by atoms with Crippen LogP contribution in [0.4, 0.5) is 11.4 Å². The molecule has 1 heterocycles. The van der Waals surface area contributed by atoms with E-state index in [0.717, 1.165) is 22.8 Å². The Balaban J connectivity index is 2.15. The van der Waals surface area contributed by atoms with Crippen molar-refractivity contribution in [1.29, 1.82) is 0 Å². The highest BCUT2D eigenvalue weighted by Gasteiger charge is 2.08. The second-order valence-corrected chi connectivity index (χ2v) is 3.91. The highest BCUT2D eigenvalue weighted by molar-refractivity contribution is 5.58. The molecule has 4 heteroatoms. The Hall–Kier alpha value is -1.97. The highest BCUT2D eigenvalue weighted by Crippen LogP contribution is 2.21. The van der Waals surface area contributed by atoms with Crippen LogP contribution in [0.1, 0.15) is 24.4 Å². The molecule has 4 nitrogen and oxygen atoms in total. The van der Waals surface area contributed by atoms with E-state index in [1.54, 1.807) is 6.20 Å². The van der Waals surface area contributed by atoms with Crippen LogP contribution in [0.15, 0.2) is 30.6 Å². The van der Waals surface area contributed by atoms with Gasteiger partial charge in [-0.2, -0.15) is 0 Å². The number of aromatic amines is 1. The smallest absolute Gasteiger partial charge is 0.128 e. The molecule has 2 rings (SSSR count). The van der Waals surface area contributed by atoms with Gasteiger partial charge in [-0.25, -0.2) is 4.98 Å². The number of anilines is 2. The zero-order valence-electron chi connectivity index (χ0n) is 9.49. The SMILES string of the molecule is Cc1cc(N)ccc1NC(C)c1ncc[nH]1. The van der Waals surface area contributed by atoms with Crippen molar-refractivity contribution in [2.45, 2.75) is 19.9 Å². The van der Waals surface area contributed by atoms with Crippen molar-refractivity contribution >= 4 is 11.4 Å². The number of aromatic nitrogens is 2. The Morgan fingerprint density at radius 3 is 2.88 bits per heavy atom. The molecule has 2 aromatic rings. The van der Waals surface area contributed by atoms with Gasteiger partial charge in [-0.05, 0) is 37.6 Å². The summed E-state index contributed by atoms with van der Waals surface area (Å²) in [4.78, 5) is 7.31. The fourth-order valence-electron chi connectivity index (χ4n) is 1.66. The van der Waals surface area contributed by atoms with Gasteiger partial charge >= 0.3 is 0 Å². The fraction of sp³-hybridized carbons (Fsp3) is 0.250. The van der Waals surface area contributed by atoms with Crippen LogP contribution in [0.5, 0.6) is 0 Å². The first-order valence-electron chi connectivity index (χ1n) is 5.29. The molecule has 0 aliphatic heterocycles. The Morgan fingerprint density at radius 2 is 2.25 bits per heavy atom. The molecule has 4 N–H and O–H groups in total. The molecule has 1 unspecified atom stereocenters. The standard InChI is InChI=1S/C12H16N4/c1-8-7-10(13)3-4-11(8)16-9(2)12-14-5-6-15-12/h3-7,9,16H,13H2,1-2H3,(H,14,15). The third-order valence-electron chi connectivity index (χ3n) is 2.55. The lowest BCUT2D eigenvalue weighted by Crippen LogP contribution is -2.09. The number of hydrogen-bond acceptors (Lipinski definition) is 3. The van der Waals surface area contributed by atoms with Gasteiger partial charge in [0, 0.05) is 23.8 Å². The van der Waals surface area contributed by atoms with Gasteiger partial charge in [-0.1, -0.05) is 0 Å². The molecule has 0 fully saturated rings. The first kappa shape index (κ1) is 10.5. The van der Waals surface area contributed by atoms with E-state index in [1.807, 2.05) is 31.3 Å². The van der Waals surface area contributed by atoms with Crippen LogP contribution in [0.25, 0.3) is 0 Å². The van der Waals surface area contributed by atoms with E-state index >= 15 is 0 Å². The van der Waals surface area contributed by atoms with E-state index in [9.17, 15) is 0 Å². The minimum atomic E-state index is 0.150. The van der Waals surface area contributed by atoms with Crippen molar-refractivity contribution < 1.29 is 0 Å². The van der Waals surface area contributed by atoms with Crippen LogP contribution in [0, 0.1) is 6.92 Å². The Bertz CT molecular complexity index is 462. The first-order chi connectivity index (χ1) is 7.66. The van der Waals surface area contributed by atoms with E-state index in [4.69, 9.17) is 5.73 Å². The van der Waals surface area contributed by atoms with Gasteiger partial charge < -0.3 is 16.0 Å². The summed E-state index contributed by atoms with van der Waals surface area (Å²) in [5.41, 5.74) is 8.71. The van der Waals surface area contributed by atoms with Gasteiger partial charge in [0.05, 0.1) is 6.04 Å². The average Bonchev–Trinajstić information content (AvgIpc) is 2.75. The van der Waals surface area contributed by atoms with Crippen molar-refractivity contribution in [1.82, 2.24) is 9.97 Å². The summed E-state index contributed by atoms with van der Waals surface area (Å²) in [5.74, 6) is 0.927. The molecule has 16 heavy (non-hydrogen) atoms. The maximum Gasteiger partial charge on any atom is 0.128 e. The van der Waals surface area contributed by atoms with E-state index in [2.05, 4.69) is 22.2 Å². The Labute approximate surface area is 94.9 Å². The van der Waals surface area contributed by atoms with Crippen LogP contribution in [-0.4, -0.2) is 9.97 Å². The number of rotatable bonds is 3. The highest BCUT2D eigenvalue weighted by atomic mass is 15.0. The summed E-state index contributed by atoms with van der Waals surface area (Å²) < 4.78 is 0. The minimum Gasteiger partial charge on any atom is -0.399 e. The predicted molar refractivity (Wildman–Crippen MR) is 66.2 cm³/mol. The number of nitrogens with one attached hydrogen (secondary N) is 2. The van der Waals surface area contributed by atoms with Gasteiger partial charge in [0.1, 0.15) is 5.82 Å². The number of aryl methyl sites for hydroxylation is 1. The number of nitrogen functional groups attached to an aromatic ring is 1. The summed E-state index contributed by atoms with van der Waals surface area (Å²) in [7, 11) is 0. The van der Waals surface area contributed by atoms with Crippen molar-refractivity contribution in [2.75, 3.05) is 11.1 Å². The third-order valence-corrected chi connectivity index (χ3v) is 2.55. The zero-order chi connectivity index (χ0) is 11.5. The molecule has 0 radical (unpaired) electrons. The molecule has 0 amide bonds. The summed E-state index contributed by atoms with van der Waals surface area (Å²) in [5, 5.41) is 3.39. The largest absolute Gasteiger partial charge is 0.399 e. The van der Waals surface area contributed by atoms with Crippen molar-refractivity contribution in [3.8, 4) is 0 Å². The molecule has 0 bridgehead atoms. The molecular weight excluding hydrogens is 200 g/mol. The molecular formula is C12H16N4. The minimum absolute atomic E-state index is 0.150. The van der Waals surface area contributed by atoms with E-state index in [1.165, 1.54) is 0 Å².